The van der Waals surface area contributed by atoms with Gasteiger partial charge in [-0.25, -0.2) is 4.98 Å². The van der Waals surface area contributed by atoms with E-state index in [0.717, 1.165) is 35.7 Å². The predicted molar refractivity (Wildman–Crippen MR) is 121 cm³/mol. The Morgan fingerprint density at radius 1 is 1.24 bits per heavy atom. The molecule has 11 nitrogen and oxygen atoms in total. The SMILES string of the molecule is CCOc1cccc2sc(N(CC3CCCO3)C(=O)c3cc([N+](=O)[O-])cc([N+](=O)[O-])c3)nc12. The number of rotatable bonds is 8. The maximum absolute atomic E-state index is 13.5. The average Bonchev–Trinajstić information content (AvgIpc) is 3.47. The van der Waals surface area contributed by atoms with Gasteiger partial charge < -0.3 is 9.47 Å². The van der Waals surface area contributed by atoms with Gasteiger partial charge in [0.25, 0.3) is 17.3 Å². The molecule has 12 heteroatoms. The molecule has 0 bridgehead atoms. The van der Waals surface area contributed by atoms with Crippen molar-refractivity contribution < 1.29 is 24.1 Å². The second-order valence-electron chi connectivity index (χ2n) is 7.34. The van der Waals surface area contributed by atoms with Crippen molar-refractivity contribution in [3.63, 3.8) is 0 Å². The number of hydrogen-bond donors (Lipinski definition) is 0. The molecule has 2 aromatic carbocycles. The van der Waals surface area contributed by atoms with Crippen molar-refractivity contribution in [2.24, 2.45) is 0 Å². The van der Waals surface area contributed by atoms with Gasteiger partial charge in [0.2, 0.25) is 0 Å². The fourth-order valence-electron chi connectivity index (χ4n) is 3.62. The number of nitro benzene ring substituents is 2. The van der Waals surface area contributed by atoms with Gasteiger partial charge in [-0.2, -0.15) is 0 Å². The van der Waals surface area contributed by atoms with Gasteiger partial charge in [-0.05, 0) is 31.9 Å². The molecular formula is C21H20N4O7S. The molecule has 1 aliphatic rings. The van der Waals surface area contributed by atoms with E-state index in [4.69, 9.17) is 9.47 Å². The Morgan fingerprint density at radius 3 is 2.58 bits per heavy atom. The van der Waals surface area contributed by atoms with Crippen LogP contribution < -0.4 is 9.64 Å². The maximum atomic E-state index is 13.5. The number of carbonyl (C=O) groups is 1. The highest BCUT2D eigenvalue weighted by Gasteiger charge is 2.30. The molecule has 0 saturated carbocycles. The van der Waals surface area contributed by atoms with Crippen LogP contribution in [-0.2, 0) is 4.74 Å². The molecule has 0 radical (unpaired) electrons. The first-order chi connectivity index (χ1) is 15.9. The number of nitro groups is 2. The zero-order valence-electron chi connectivity index (χ0n) is 17.6. The number of non-ortho nitro benzene ring substituents is 2. The predicted octanol–water partition coefficient (Wildman–Crippen LogP) is 4.34. The van der Waals surface area contributed by atoms with Gasteiger partial charge in [-0.1, -0.05) is 17.4 Å². The monoisotopic (exact) mass is 472 g/mol. The van der Waals surface area contributed by atoms with Gasteiger partial charge in [0.05, 0.1) is 45.4 Å². The third kappa shape index (κ3) is 4.76. The van der Waals surface area contributed by atoms with Gasteiger partial charge in [-0.3, -0.25) is 29.9 Å². The van der Waals surface area contributed by atoms with Crippen LogP contribution in [0.5, 0.6) is 5.75 Å². The van der Waals surface area contributed by atoms with Crippen LogP contribution in [0.4, 0.5) is 16.5 Å². The topological polar surface area (TPSA) is 138 Å². The number of carbonyl (C=O) groups excluding carboxylic acids is 1. The molecular weight excluding hydrogens is 452 g/mol. The van der Waals surface area contributed by atoms with Crippen LogP contribution in [-0.4, -0.2) is 46.6 Å². The minimum Gasteiger partial charge on any atom is -0.492 e. The molecule has 1 fully saturated rings. The van der Waals surface area contributed by atoms with Crippen molar-refractivity contribution in [2.75, 3.05) is 24.7 Å². The Kier molecular flexibility index (Phi) is 6.47. The molecule has 1 amide bonds. The molecule has 1 saturated heterocycles. The highest BCUT2D eigenvalue weighted by atomic mass is 32.1. The molecule has 1 unspecified atom stereocenters. The van der Waals surface area contributed by atoms with E-state index in [1.807, 2.05) is 19.1 Å². The first kappa shape index (κ1) is 22.6. The highest BCUT2D eigenvalue weighted by Crippen LogP contribution is 2.36. The minimum absolute atomic E-state index is 0.166. The number of amides is 1. The van der Waals surface area contributed by atoms with Crippen molar-refractivity contribution in [2.45, 2.75) is 25.9 Å². The van der Waals surface area contributed by atoms with E-state index in [0.29, 0.717) is 29.6 Å². The van der Waals surface area contributed by atoms with Crippen LogP contribution in [0.3, 0.4) is 0 Å². The first-order valence-corrected chi connectivity index (χ1v) is 11.1. The second-order valence-corrected chi connectivity index (χ2v) is 8.34. The lowest BCUT2D eigenvalue weighted by Crippen LogP contribution is -2.37. The highest BCUT2D eigenvalue weighted by molar-refractivity contribution is 7.22. The number of anilines is 1. The van der Waals surface area contributed by atoms with E-state index in [1.165, 1.54) is 16.2 Å². The molecule has 0 aliphatic carbocycles. The average molecular weight is 472 g/mol. The molecule has 4 rings (SSSR count). The van der Waals surface area contributed by atoms with Crippen molar-refractivity contribution in [1.29, 1.82) is 0 Å². The van der Waals surface area contributed by atoms with Crippen LogP contribution in [0.25, 0.3) is 10.2 Å². The zero-order valence-corrected chi connectivity index (χ0v) is 18.4. The summed E-state index contributed by atoms with van der Waals surface area (Å²) >= 11 is 1.26. The third-order valence-electron chi connectivity index (χ3n) is 5.13. The number of nitrogens with zero attached hydrogens (tertiary/aromatic N) is 4. The Hall–Kier alpha value is -3.64. The summed E-state index contributed by atoms with van der Waals surface area (Å²) in [6, 6.07) is 8.36. The number of ether oxygens (including phenoxy) is 2. The van der Waals surface area contributed by atoms with Crippen LogP contribution >= 0.6 is 11.3 Å². The number of hydrogen-bond acceptors (Lipinski definition) is 9. The van der Waals surface area contributed by atoms with Crippen LogP contribution in [0.2, 0.25) is 0 Å². The van der Waals surface area contributed by atoms with Gasteiger partial charge >= 0.3 is 0 Å². The molecule has 172 valence electrons. The Morgan fingerprint density at radius 2 is 1.97 bits per heavy atom. The summed E-state index contributed by atoms with van der Waals surface area (Å²) in [7, 11) is 0. The summed E-state index contributed by atoms with van der Waals surface area (Å²) in [5.74, 6) is -0.0534. The van der Waals surface area contributed by atoms with E-state index in [9.17, 15) is 25.0 Å². The molecule has 1 aliphatic heterocycles. The zero-order chi connectivity index (χ0) is 23.5. The molecule has 0 N–H and O–H groups in total. The van der Waals surface area contributed by atoms with Gasteiger partial charge in [-0.15, -0.1) is 0 Å². The Balaban J connectivity index is 1.79. The Bertz CT molecular complexity index is 1190. The van der Waals surface area contributed by atoms with E-state index in [1.54, 1.807) is 6.07 Å². The molecule has 1 aromatic heterocycles. The van der Waals surface area contributed by atoms with Crippen molar-refractivity contribution in [3.8, 4) is 5.75 Å². The second kappa shape index (κ2) is 9.46. The number of thiazole rings is 1. The minimum atomic E-state index is -0.764. The lowest BCUT2D eigenvalue weighted by Gasteiger charge is -2.23. The summed E-state index contributed by atoms with van der Waals surface area (Å²) in [6.07, 6.45) is 1.36. The lowest BCUT2D eigenvalue weighted by molar-refractivity contribution is -0.394. The van der Waals surface area contributed by atoms with Gasteiger partial charge in [0.15, 0.2) is 5.13 Å². The summed E-state index contributed by atoms with van der Waals surface area (Å²) in [4.78, 5) is 40.6. The molecule has 2 heterocycles. The molecule has 3 aromatic rings. The first-order valence-electron chi connectivity index (χ1n) is 10.3. The van der Waals surface area contributed by atoms with Crippen LogP contribution in [0, 0.1) is 20.2 Å². The van der Waals surface area contributed by atoms with E-state index >= 15 is 0 Å². The molecule has 0 spiro atoms. The normalized spacial score (nSPS) is 15.5. The van der Waals surface area contributed by atoms with Gasteiger partial charge in [0, 0.05) is 18.7 Å². The number of aromatic nitrogens is 1. The largest absolute Gasteiger partial charge is 0.492 e. The summed E-state index contributed by atoms with van der Waals surface area (Å²) in [5.41, 5.74) is -0.646. The van der Waals surface area contributed by atoms with E-state index in [-0.39, 0.29) is 18.2 Å². The fourth-order valence-corrected chi connectivity index (χ4v) is 4.61. The van der Waals surface area contributed by atoms with Crippen LogP contribution in [0.1, 0.15) is 30.1 Å². The van der Waals surface area contributed by atoms with Crippen LogP contribution in [0.15, 0.2) is 36.4 Å². The summed E-state index contributed by atoms with van der Waals surface area (Å²) in [6.45, 7) is 3.04. The van der Waals surface area contributed by atoms with Crippen molar-refractivity contribution in [3.05, 3.63) is 62.2 Å². The lowest BCUT2D eigenvalue weighted by atomic mass is 10.1. The van der Waals surface area contributed by atoms with E-state index in [2.05, 4.69) is 4.98 Å². The number of benzene rings is 2. The quantitative estimate of drug-likeness (QED) is 0.349. The molecule has 1 atom stereocenters. The van der Waals surface area contributed by atoms with Crippen molar-refractivity contribution >= 4 is 44.0 Å². The smallest absolute Gasteiger partial charge is 0.277 e. The number of para-hydroxylation sites is 1. The summed E-state index contributed by atoms with van der Waals surface area (Å²) in [5, 5.41) is 23.0. The van der Waals surface area contributed by atoms with Gasteiger partial charge in [0.1, 0.15) is 11.3 Å². The third-order valence-corrected chi connectivity index (χ3v) is 6.17. The number of fused-ring (bicyclic) bond motifs is 1. The summed E-state index contributed by atoms with van der Waals surface area (Å²) < 4.78 is 12.1. The molecule has 33 heavy (non-hydrogen) atoms. The van der Waals surface area contributed by atoms with Crippen molar-refractivity contribution in [1.82, 2.24) is 4.98 Å². The maximum Gasteiger partial charge on any atom is 0.277 e. The Labute approximate surface area is 191 Å². The standard InChI is InChI=1S/C21H20N4O7S/c1-2-31-17-6-3-7-18-19(17)22-21(33-18)23(12-16-5-4-8-32-16)20(26)13-9-14(24(27)28)11-15(10-13)25(29)30/h3,6-7,9-11,16H,2,4-5,8,12H2,1H3. The van der Waals surface area contributed by atoms with E-state index < -0.39 is 27.1 Å². The fraction of sp³-hybridized carbons (Fsp3) is 0.333.